The van der Waals surface area contributed by atoms with Gasteiger partial charge in [-0.15, -0.1) is 0 Å². The molecule has 0 spiro atoms. The molecule has 12 heteroatoms. The molecule has 28 heavy (non-hydrogen) atoms. The van der Waals surface area contributed by atoms with E-state index in [1.54, 1.807) is 0 Å². The standard InChI is InChI=1S/C16H27N2O9P/c1-5-10(19)28(24,25)27-16(2,3)6-9-11(20)12(21)13(26-9)8-7-17-15(23)18(4)14(8)22/h7,9-13,19-21H,5-6H2,1-4H3,(H,17,23)(H,24,25)/t9-,10?,11-,12-,13+/m1/s1. The first-order valence-electron chi connectivity index (χ1n) is 8.82. The zero-order valence-electron chi connectivity index (χ0n) is 16.1. The van der Waals surface area contributed by atoms with E-state index in [9.17, 15) is 34.4 Å². The normalized spacial score (nSPS) is 28.9. The second kappa shape index (κ2) is 8.19. The van der Waals surface area contributed by atoms with Gasteiger partial charge in [-0.2, -0.15) is 0 Å². The summed E-state index contributed by atoms with van der Waals surface area (Å²) in [6, 6.07) is 0. The van der Waals surface area contributed by atoms with Gasteiger partial charge in [-0.1, -0.05) is 6.92 Å². The minimum atomic E-state index is -4.33. The van der Waals surface area contributed by atoms with E-state index >= 15 is 0 Å². The Labute approximate surface area is 161 Å². The largest absolute Gasteiger partial charge is 0.388 e. The predicted molar refractivity (Wildman–Crippen MR) is 97.8 cm³/mol. The van der Waals surface area contributed by atoms with E-state index < -0.39 is 54.7 Å². The number of hydrogen-bond acceptors (Lipinski definition) is 8. The number of aliphatic hydroxyl groups excluding tert-OH is 3. The highest BCUT2D eigenvalue weighted by Gasteiger charge is 2.48. The van der Waals surface area contributed by atoms with Gasteiger partial charge in [0, 0.05) is 19.7 Å². The third-order valence-electron chi connectivity index (χ3n) is 4.69. The number of ether oxygens (including phenoxy) is 1. The van der Waals surface area contributed by atoms with Crippen LogP contribution in [0.5, 0.6) is 0 Å². The van der Waals surface area contributed by atoms with Crippen molar-refractivity contribution < 1.29 is 34.0 Å². The van der Waals surface area contributed by atoms with Gasteiger partial charge in [0.1, 0.15) is 18.3 Å². The summed E-state index contributed by atoms with van der Waals surface area (Å²) in [5.41, 5.74) is -2.65. The van der Waals surface area contributed by atoms with Crippen LogP contribution in [0.15, 0.2) is 15.8 Å². The average Bonchev–Trinajstić information content (AvgIpc) is 2.86. The molecule has 11 nitrogen and oxygen atoms in total. The Hall–Kier alpha value is -1.33. The van der Waals surface area contributed by atoms with Crippen molar-refractivity contribution in [1.82, 2.24) is 9.55 Å². The number of aromatic nitrogens is 2. The number of rotatable bonds is 7. The van der Waals surface area contributed by atoms with Gasteiger partial charge >= 0.3 is 13.3 Å². The van der Waals surface area contributed by atoms with Crippen LogP contribution in [0.25, 0.3) is 0 Å². The molecule has 1 aliphatic heterocycles. The van der Waals surface area contributed by atoms with Gasteiger partial charge in [-0.3, -0.25) is 13.9 Å². The molecule has 0 radical (unpaired) electrons. The van der Waals surface area contributed by atoms with Crippen molar-refractivity contribution in [3.05, 3.63) is 32.6 Å². The lowest BCUT2D eigenvalue weighted by Crippen LogP contribution is -2.38. The second-order valence-electron chi connectivity index (χ2n) is 7.50. The molecule has 1 fully saturated rings. The van der Waals surface area contributed by atoms with Crippen molar-refractivity contribution in [2.45, 2.75) is 69.5 Å². The number of nitrogens with zero attached hydrogens (tertiary/aromatic N) is 1. The van der Waals surface area contributed by atoms with Gasteiger partial charge in [-0.05, 0) is 20.3 Å². The summed E-state index contributed by atoms with van der Waals surface area (Å²) in [6.07, 6.45) is -4.05. The lowest BCUT2D eigenvalue weighted by atomic mass is 9.96. The van der Waals surface area contributed by atoms with Crippen LogP contribution in [0.2, 0.25) is 0 Å². The molecule has 1 aliphatic rings. The molecule has 2 unspecified atom stereocenters. The Morgan fingerprint density at radius 1 is 1.36 bits per heavy atom. The molecular weight excluding hydrogens is 395 g/mol. The highest BCUT2D eigenvalue weighted by molar-refractivity contribution is 7.53. The smallest absolute Gasteiger partial charge is 0.356 e. The lowest BCUT2D eigenvalue weighted by molar-refractivity contribution is -0.0422. The highest BCUT2D eigenvalue weighted by atomic mass is 31.2. The molecule has 0 saturated carbocycles. The molecular formula is C16H27N2O9P. The van der Waals surface area contributed by atoms with Crippen molar-refractivity contribution in [1.29, 1.82) is 0 Å². The SMILES string of the molecule is CCC(O)P(=O)(O)OC(C)(C)C[C@H]1O[C@@H](c2c[nH]c(=O)n(C)c2=O)[C@H](O)[C@@H]1O. The molecule has 6 atom stereocenters. The molecule has 0 bridgehead atoms. The maximum Gasteiger partial charge on any atom is 0.356 e. The number of aromatic amines is 1. The Bertz CT molecular complexity index is 864. The predicted octanol–water partition coefficient (Wildman–Crippen LogP) is -0.666. The molecule has 2 rings (SSSR count). The Morgan fingerprint density at radius 2 is 1.96 bits per heavy atom. The van der Waals surface area contributed by atoms with E-state index in [0.29, 0.717) is 0 Å². The van der Waals surface area contributed by atoms with Gasteiger partial charge in [0.2, 0.25) is 0 Å². The molecule has 5 N–H and O–H groups in total. The summed E-state index contributed by atoms with van der Waals surface area (Å²) < 4.78 is 23.8. The lowest BCUT2D eigenvalue weighted by Gasteiger charge is -2.32. The number of H-pyrrole nitrogens is 1. The van der Waals surface area contributed by atoms with E-state index in [1.807, 2.05) is 0 Å². The van der Waals surface area contributed by atoms with Crippen molar-refractivity contribution in [3.63, 3.8) is 0 Å². The molecule has 1 aromatic rings. The summed E-state index contributed by atoms with van der Waals surface area (Å²) in [6.45, 7) is 4.49. The van der Waals surface area contributed by atoms with Crippen molar-refractivity contribution in [3.8, 4) is 0 Å². The molecule has 0 aromatic carbocycles. The summed E-state index contributed by atoms with van der Waals surface area (Å²) in [7, 11) is -3.07. The molecule has 1 aromatic heterocycles. The second-order valence-corrected chi connectivity index (χ2v) is 9.40. The number of aliphatic hydroxyl groups is 3. The van der Waals surface area contributed by atoms with Crippen molar-refractivity contribution >= 4 is 7.60 Å². The summed E-state index contributed by atoms with van der Waals surface area (Å²) in [4.78, 5) is 36.0. The van der Waals surface area contributed by atoms with Crippen LogP contribution < -0.4 is 11.2 Å². The topological polar surface area (TPSA) is 171 Å². The first kappa shape index (κ1) is 23.0. The average molecular weight is 422 g/mol. The fraction of sp³-hybridized carbons (Fsp3) is 0.750. The van der Waals surface area contributed by atoms with Crippen LogP contribution in [0, 0.1) is 0 Å². The van der Waals surface area contributed by atoms with Crippen molar-refractivity contribution in [2.24, 2.45) is 7.05 Å². The molecule has 0 amide bonds. The Balaban J connectivity index is 2.21. The van der Waals surface area contributed by atoms with E-state index in [-0.39, 0.29) is 18.4 Å². The van der Waals surface area contributed by atoms with Crippen molar-refractivity contribution in [2.75, 3.05) is 0 Å². The first-order chi connectivity index (χ1) is 12.8. The van der Waals surface area contributed by atoms with Gasteiger partial charge in [0.05, 0.1) is 17.3 Å². The molecule has 0 aliphatic carbocycles. The maximum absolute atomic E-state index is 12.3. The van der Waals surface area contributed by atoms with E-state index in [0.717, 1.165) is 10.8 Å². The summed E-state index contributed by atoms with van der Waals surface area (Å²) in [5, 5.41) is 30.3. The van der Waals surface area contributed by atoms with Gasteiger partial charge in [0.15, 0.2) is 5.85 Å². The van der Waals surface area contributed by atoms with E-state index in [1.165, 1.54) is 27.8 Å². The first-order valence-corrected chi connectivity index (χ1v) is 10.5. The summed E-state index contributed by atoms with van der Waals surface area (Å²) >= 11 is 0. The highest BCUT2D eigenvalue weighted by Crippen LogP contribution is 2.52. The van der Waals surface area contributed by atoms with Gasteiger partial charge in [-0.25, -0.2) is 4.79 Å². The Kier molecular flexibility index (Phi) is 6.72. The van der Waals surface area contributed by atoms with Gasteiger partial charge < -0.3 is 34.5 Å². The Morgan fingerprint density at radius 3 is 2.54 bits per heavy atom. The number of hydrogen-bond donors (Lipinski definition) is 5. The maximum atomic E-state index is 12.3. The van der Waals surface area contributed by atoms with Crippen LogP contribution >= 0.6 is 7.60 Å². The third kappa shape index (κ3) is 4.62. The van der Waals surface area contributed by atoms with Crippen LogP contribution in [0.1, 0.15) is 45.3 Å². The zero-order chi connectivity index (χ0) is 21.4. The fourth-order valence-electron chi connectivity index (χ4n) is 3.13. The fourth-order valence-corrected chi connectivity index (χ4v) is 4.50. The minimum absolute atomic E-state index is 0.0166. The molecule has 160 valence electrons. The quantitative estimate of drug-likeness (QED) is 0.358. The molecule has 1 saturated heterocycles. The van der Waals surface area contributed by atoms with E-state index in [2.05, 4.69) is 4.98 Å². The minimum Gasteiger partial charge on any atom is -0.388 e. The van der Waals surface area contributed by atoms with Crippen LogP contribution in [0.4, 0.5) is 0 Å². The van der Waals surface area contributed by atoms with Crippen LogP contribution in [-0.2, 0) is 20.9 Å². The monoisotopic (exact) mass is 422 g/mol. The van der Waals surface area contributed by atoms with Crippen LogP contribution in [0.3, 0.4) is 0 Å². The third-order valence-corrected chi connectivity index (χ3v) is 6.56. The zero-order valence-corrected chi connectivity index (χ0v) is 17.0. The van der Waals surface area contributed by atoms with Crippen LogP contribution in [-0.4, -0.2) is 59.5 Å². The summed E-state index contributed by atoms with van der Waals surface area (Å²) in [5.74, 6) is -1.55. The molecule has 2 heterocycles. The van der Waals surface area contributed by atoms with Gasteiger partial charge in [0.25, 0.3) is 5.56 Å². The number of nitrogens with one attached hydrogen (secondary N) is 1. The van der Waals surface area contributed by atoms with E-state index in [4.69, 9.17) is 9.26 Å².